The largest absolute Gasteiger partial charge is 0.487 e. The van der Waals surface area contributed by atoms with Crippen molar-refractivity contribution in [3.63, 3.8) is 0 Å². The molecule has 42 heavy (non-hydrogen) atoms. The Labute approximate surface area is 240 Å². The molecule has 0 radical (unpaired) electrons. The molecule has 10 heteroatoms. The number of nitrogens with zero attached hydrogens (tertiary/aromatic N) is 1. The smallest absolute Gasteiger partial charge is 0.341 e. The predicted molar refractivity (Wildman–Crippen MR) is 155 cm³/mol. The topological polar surface area (TPSA) is 125 Å². The number of aromatic nitrogens is 1. The lowest BCUT2D eigenvalue weighted by molar-refractivity contribution is 0.0692. The Morgan fingerprint density at radius 2 is 1.83 bits per heavy atom. The lowest BCUT2D eigenvalue weighted by Gasteiger charge is -2.39. The second-order valence-corrected chi connectivity index (χ2v) is 11.2. The van der Waals surface area contributed by atoms with Crippen LogP contribution >= 0.6 is 0 Å². The van der Waals surface area contributed by atoms with Crippen LogP contribution in [0.3, 0.4) is 0 Å². The van der Waals surface area contributed by atoms with Crippen molar-refractivity contribution in [2.45, 2.75) is 43.6 Å². The second kappa shape index (κ2) is 9.97. The molecule has 4 aromatic rings. The molecule has 0 bridgehead atoms. The van der Waals surface area contributed by atoms with Crippen LogP contribution in [0.15, 0.2) is 59.5 Å². The van der Waals surface area contributed by atoms with E-state index in [0.717, 1.165) is 36.8 Å². The molecule has 4 N–H and O–H groups in total. The lowest BCUT2D eigenvalue weighted by Crippen LogP contribution is -2.42. The number of rotatable bonds is 7. The van der Waals surface area contributed by atoms with E-state index < -0.39 is 28.3 Å². The number of pyridine rings is 1. The third-order valence-corrected chi connectivity index (χ3v) is 8.87. The molecular weight excluding hydrogens is 541 g/mol. The van der Waals surface area contributed by atoms with Gasteiger partial charge in [-0.1, -0.05) is 49.2 Å². The Morgan fingerprint density at radius 3 is 2.60 bits per heavy atom. The van der Waals surface area contributed by atoms with Gasteiger partial charge in [0.25, 0.3) is 0 Å². The fraction of sp³-hybridized carbons (Fsp3) is 0.312. The van der Waals surface area contributed by atoms with Crippen LogP contribution in [-0.4, -0.2) is 35.6 Å². The van der Waals surface area contributed by atoms with Crippen molar-refractivity contribution in [1.29, 1.82) is 0 Å². The first-order valence-corrected chi connectivity index (χ1v) is 14.1. The van der Waals surface area contributed by atoms with Gasteiger partial charge in [0, 0.05) is 18.7 Å². The highest BCUT2D eigenvalue weighted by molar-refractivity contribution is 6.03. The van der Waals surface area contributed by atoms with Crippen molar-refractivity contribution in [2.24, 2.45) is 0 Å². The fourth-order valence-corrected chi connectivity index (χ4v) is 6.75. The number of nitrogens with two attached hydrogens (primary N) is 1. The Balaban J connectivity index is 1.28. The molecule has 1 aliphatic carbocycles. The van der Waals surface area contributed by atoms with Gasteiger partial charge < -0.3 is 34.9 Å². The molecule has 0 saturated heterocycles. The number of hydrogen-bond acceptors (Lipinski definition) is 7. The summed E-state index contributed by atoms with van der Waals surface area (Å²) >= 11 is 0. The maximum Gasteiger partial charge on any atom is 0.341 e. The maximum atomic E-state index is 15.9. The molecule has 3 aromatic carbocycles. The number of nitrogens with one attached hydrogen (secondary N) is 1. The van der Waals surface area contributed by atoms with E-state index in [4.69, 9.17) is 19.9 Å². The number of carboxylic acid groups (broad SMARTS) is 1. The van der Waals surface area contributed by atoms with Crippen molar-refractivity contribution in [3.8, 4) is 17.2 Å². The normalized spacial score (nSPS) is 16.9. The number of ether oxygens (including phenoxy) is 3. The van der Waals surface area contributed by atoms with Gasteiger partial charge in [-0.05, 0) is 42.5 Å². The van der Waals surface area contributed by atoms with Gasteiger partial charge in [0.15, 0.2) is 23.1 Å². The zero-order valence-electron chi connectivity index (χ0n) is 22.8. The van der Waals surface area contributed by atoms with Gasteiger partial charge in [-0.25, -0.2) is 9.18 Å². The molecular formula is C32H30FN3O6. The Bertz CT molecular complexity index is 1780. The summed E-state index contributed by atoms with van der Waals surface area (Å²) < 4.78 is 35.1. The van der Waals surface area contributed by atoms with E-state index in [-0.39, 0.29) is 41.8 Å². The van der Waals surface area contributed by atoms with E-state index in [1.807, 2.05) is 41.0 Å². The van der Waals surface area contributed by atoms with Crippen LogP contribution < -0.4 is 30.7 Å². The number of carboxylic acids is 1. The third-order valence-electron chi connectivity index (χ3n) is 8.87. The Kier molecular flexibility index (Phi) is 6.22. The van der Waals surface area contributed by atoms with Gasteiger partial charge in [0.05, 0.1) is 22.1 Å². The summed E-state index contributed by atoms with van der Waals surface area (Å²) in [6.07, 6.45) is 5.38. The molecule has 2 aliphatic heterocycles. The third kappa shape index (κ3) is 4.04. The predicted octanol–water partition coefficient (Wildman–Crippen LogP) is 5.45. The summed E-state index contributed by atoms with van der Waals surface area (Å²) in [4.78, 5) is 25.3. The van der Waals surface area contributed by atoms with E-state index in [9.17, 15) is 14.7 Å². The molecule has 1 atom stereocenters. The van der Waals surface area contributed by atoms with Crippen LogP contribution in [0.4, 0.5) is 15.8 Å². The second-order valence-electron chi connectivity index (χ2n) is 11.2. The summed E-state index contributed by atoms with van der Waals surface area (Å²) in [5, 5.41) is 12.8. The molecule has 1 saturated carbocycles. The zero-order valence-corrected chi connectivity index (χ0v) is 22.8. The molecule has 1 fully saturated rings. The Hall–Kier alpha value is -4.73. The van der Waals surface area contributed by atoms with Gasteiger partial charge in [-0.3, -0.25) is 4.79 Å². The van der Waals surface area contributed by atoms with Crippen LogP contribution in [0.25, 0.3) is 10.9 Å². The number of fused-ring (bicyclic) bond motifs is 2. The molecule has 9 nitrogen and oxygen atoms in total. The number of hydrogen-bond donors (Lipinski definition) is 3. The van der Waals surface area contributed by atoms with Crippen LogP contribution in [-0.2, 0) is 5.54 Å². The molecule has 3 aliphatic rings. The van der Waals surface area contributed by atoms with E-state index in [1.54, 1.807) is 0 Å². The molecule has 216 valence electrons. The molecule has 3 heterocycles. The van der Waals surface area contributed by atoms with Crippen molar-refractivity contribution in [3.05, 3.63) is 87.5 Å². The summed E-state index contributed by atoms with van der Waals surface area (Å²) in [5.41, 5.74) is 6.65. The summed E-state index contributed by atoms with van der Waals surface area (Å²) in [6, 6.07) is 15.9. The monoisotopic (exact) mass is 571 g/mol. The van der Waals surface area contributed by atoms with Crippen LogP contribution in [0.1, 0.15) is 59.5 Å². The quantitative estimate of drug-likeness (QED) is 0.250. The van der Waals surface area contributed by atoms with Crippen molar-refractivity contribution in [1.82, 2.24) is 4.57 Å². The first kappa shape index (κ1) is 26.2. The van der Waals surface area contributed by atoms with Gasteiger partial charge in [0.2, 0.25) is 12.2 Å². The summed E-state index contributed by atoms with van der Waals surface area (Å²) in [6.45, 7) is 0.788. The molecule has 7 rings (SSSR count). The molecule has 0 amide bonds. The van der Waals surface area contributed by atoms with Crippen LogP contribution in [0, 0.1) is 5.82 Å². The van der Waals surface area contributed by atoms with E-state index in [2.05, 4.69) is 17.4 Å². The SMILES string of the molecule is Nc1c(F)c(NCCC(c2ccccc2)c2ccc3c(c2)OCO3)c2c3c1c(=O)c(C(=O)O)cn3C1(CCCC1)CO2. The van der Waals surface area contributed by atoms with Gasteiger partial charge in [-0.15, -0.1) is 0 Å². The number of benzene rings is 3. The number of aromatic carboxylic acids is 1. The average molecular weight is 572 g/mol. The van der Waals surface area contributed by atoms with Crippen molar-refractivity contribution in [2.75, 3.05) is 31.0 Å². The number of nitrogen functional groups attached to an aromatic ring is 1. The highest BCUT2D eigenvalue weighted by atomic mass is 19.1. The lowest BCUT2D eigenvalue weighted by atomic mass is 9.88. The molecule has 1 unspecified atom stereocenters. The summed E-state index contributed by atoms with van der Waals surface area (Å²) in [7, 11) is 0. The minimum Gasteiger partial charge on any atom is -0.487 e. The minimum absolute atomic E-state index is 0.0376. The van der Waals surface area contributed by atoms with E-state index in [1.165, 1.54) is 6.20 Å². The average Bonchev–Trinajstić information content (AvgIpc) is 3.67. The van der Waals surface area contributed by atoms with Crippen molar-refractivity contribution >= 4 is 28.2 Å². The van der Waals surface area contributed by atoms with E-state index >= 15 is 4.39 Å². The van der Waals surface area contributed by atoms with Crippen LogP contribution in [0.2, 0.25) is 0 Å². The highest BCUT2D eigenvalue weighted by Gasteiger charge is 2.43. The van der Waals surface area contributed by atoms with Crippen LogP contribution in [0.5, 0.6) is 17.2 Å². The first-order chi connectivity index (χ1) is 20.4. The van der Waals surface area contributed by atoms with Gasteiger partial charge in [0.1, 0.15) is 17.9 Å². The first-order valence-electron chi connectivity index (χ1n) is 14.1. The van der Waals surface area contributed by atoms with Crippen molar-refractivity contribution < 1.29 is 28.5 Å². The minimum atomic E-state index is -1.37. The number of halogens is 1. The van der Waals surface area contributed by atoms with Gasteiger partial charge in [-0.2, -0.15) is 0 Å². The Morgan fingerprint density at radius 1 is 1.07 bits per heavy atom. The summed E-state index contributed by atoms with van der Waals surface area (Å²) in [5.74, 6) is -0.667. The number of anilines is 2. The molecule has 1 spiro atoms. The maximum absolute atomic E-state index is 15.9. The van der Waals surface area contributed by atoms with Gasteiger partial charge >= 0.3 is 5.97 Å². The van der Waals surface area contributed by atoms with E-state index in [0.29, 0.717) is 30.0 Å². The zero-order chi connectivity index (χ0) is 29.0. The highest BCUT2D eigenvalue weighted by Crippen LogP contribution is 2.49. The number of carbonyl (C=O) groups is 1. The standard InChI is InChI=1S/C32H30FN3O6/c33-25-26(34)24-28-30(40-16-32(11-4-5-12-32)36(28)15-21(29(24)37)31(38)39)27(25)35-13-10-20(18-6-2-1-3-7-18)19-8-9-22-23(14-19)42-17-41-22/h1-3,6-9,14-15,20,35H,4-5,10-13,16-17,34H2,(H,38,39). The fourth-order valence-electron chi connectivity index (χ4n) is 6.75. The molecule has 1 aromatic heterocycles.